The average Bonchev–Trinajstić information content (AvgIpc) is 3.02. The van der Waals surface area contributed by atoms with E-state index in [2.05, 4.69) is 15.2 Å². The van der Waals surface area contributed by atoms with Gasteiger partial charge in [0, 0.05) is 17.4 Å². The standard InChI is InChI=1S/C19H21N3O3S/c1-15-14-19(21-25-15)20-17-9-11-18(12-10-17)22-26(23,24)13-5-8-16-6-3-2-4-7-16/h2-4,6-7,9-12,14,22H,5,8,13H2,1H3,(H,20,21). The predicted octanol–water partition coefficient (Wildman–Crippen LogP) is 4.10. The number of hydrogen-bond donors (Lipinski definition) is 2. The van der Waals surface area contributed by atoms with E-state index in [1.165, 1.54) is 0 Å². The molecular weight excluding hydrogens is 350 g/mol. The van der Waals surface area contributed by atoms with E-state index in [-0.39, 0.29) is 5.75 Å². The first kappa shape index (κ1) is 18.0. The topological polar surface area (TPSA) is 84.2 Å². The van der Waals surface area contributed by atoms with Crippen LogP contribution < -0.4 is 10.0 Å². The molecule has 0 radical (unpaired) electrons. The Kier molecular flexibility index (Phi) is 5.58. The largest absolute Gasteiger partial charge is 0.360 e. The molecule has 0 saturated carbocycles. The lowest BCUT2D eigenvalue weighted by Gasteiger charge is -2.09. The Balaban J connectivity index is 1.52. The molecule has 1 aromatic heterocycles. The highest BCUT2D eigenvalue weighted by Crippen LogP contribution is 2.19. The zero-order valence-corrected chi connectivity index (χ0v) is 15.3. The second-order valence-electron chi connectivity index (χ2n) is 6.04. The smallest absolute Gasteiger partial charge is 0.232 e. The fourth-order valence-electron chi connectivity index (χ4n) is 2.54. The van der Waals surface area contributed by atoms with Crippen molar-refractivity contribution in [3.05, 3.63) is 72.0 Å². The second-order valence-corrected chi connectivity index (χ2v) is 7.88. The number of aromatic nitrogens is 1. The van der Waals surface area contributed by atoms with Crippen LogP contribution in [0.4, 0.5) is 17.2 Å². The van der Waals surface area contributed by atoms with E-state index >= 15 is 0 Å². The summed E-state index contributed by atoms with van der Waals surface area (Å²) in [4.78, 5) is 0. The van der Waals surface area contributed by atoms with Crippen molar-refractivity contribution >= 4 is 27.2 Å². The predicted molar refractivity (Wildman–Crippen MR) is 103 cm³/mol. The summed E-state index contributed by atoms with van der Waals surface area (Å²) < 4.78 is 32.0. The molecule has 0 aliphatic carbocycles. The van der Waals surface area contributed by atoms with E-state index in [4.69, 9.17) is 4.52 Å². The third-order valence-corrected chi connectivity index (χ3v) is 5.15. The summed E-state index contributed by atoms with van der Waals surface area (Å²) in [5, 5.41) is 6.94. The molecule has 0 atom stereocenters. The van der Waals surface area contributed by atoms with Crippen molar-refractivity contribution in [3.63, 3.8) is 0 Å². The second kappa shape index (κ2) is 8.05. The molecule has 0 amide bonds. The van der Waals surface area contributed by atoms with Crippen LogP contribution in [-0.4, -0.2) is 19.3 Å². The monoisotopic (exact) mass is 371 g/mol. The van der Waals surface area contributed by atoms with Crippen molar-refractivity contribution < 1.29 is 12.9 Å². The van der Waals surface area contributed by atoms with Gasteiger partial charge >= 0.3 is 0 Å². The van der Waals surface area contributed by atoms with E-state index in [0.29, 0.717) is 23.7 Å². The van der Waals surface area contributed by atoms with E-state index in [1.807, 2.05) is 37.3 Å². The van der Waals surface area contributed by atoms with Gasteiger partial charge in [0.05, 0.1) is 5.75 Å². The Morgan fingerprint density at radius 2 is 1.69 bits per heavy atom. The van der Waals surface area contributed by atoms with Gasteiger partial charge in [-0.15, -0.1) is 0 Å². The minimum absolute atomic E-state index is 0.0834. The van der Waals surface area contributed by atoms with Crippen LogP contribution in [0.1, 0.15) is 17.7 Å². The number of nitrogens with zero attached hydrogens (tertiary/aromatic N) is 1. The summed E-state index contributed by atoms with van der Waals surface area (Å²) >= 11 is 0. The summed E-state index contributed by atoms with van der Waals surface area (Å²) in [5.74, 6) is 1.41. The molecule has 1 heterocycles. The molecule has 0 saturated heterocycles. The quantitative estimate of drug-likeness (QED) is 0.623. The van der Waals surface area contributed by atoms with Crippen molar-refractivity contribution in [3.8, 4) is 0 Å². The van der Waals surface area contributed by atoms with Crippen molar-refractivity contribution in [2.75, 3.05) is 15.8 Å². The first-order chi connectivity index (χ1) is 12.5. The van der Waals surface area contributed by atoms with Crippen molar-refractivity contribution in [1.29, 1.82) is 0 Å². The molecule has 0 spiro atoms. The van der Waals surface area contributed by atoms with E-state index in [1.54, 1.807) is 30.3 Å². The van der Waals surface area contributed by atoms with Gasteiger partial charge in [-0.1, -0.05) is 35.5 Å². The highest BCUT2D eigenvalue weighted by molar-refractivity contribution is 7.92. The highest BCUT2D eigenvalue weighted by atomic mass is 32.2. The molecule has 3 rings (SSSR count). The third kappa shape index (κ3) is 5.35. The molecule has 6 nitrogen and oxygen atoms in total. The molecule has 26 heavy (non-hydrogen) atoms. The summed E-state index contributed by atoms with van der Waals surface area (Å²) in [7, 11) is -3.37. The number of nitrogens with one attached hydrogen (secondary N) is 2. The van der Waals surface area contributed by atoms with Gasteiger partial charge in [0.2, 0.25) is 10.0 Å². The number of sulfonamides is 1. The SMILES string of the molecule is Cc1cc(Nc2ccc(NS(=O)(=O)CCCc3ccccc3)cc2)no1. The molecule has 0 bridgehead atoms. The van der Waals surface area contributed by atoms with Crippen LogP contribution in [0.15, 0.2) is 65.2 Å². The molecule has 0 aliphatic heterocycles. The van der Waals surface area contributed by atoms with E-state index < -0.39 is 10.0 Å². The lowest BCUT2D eigenvalue weighted by atomic mass is 10.1. The van der Waals surface area contributed by atoms with Crippen molar-refractivity contribution in [2.24, 2.45) is 0 Å². The Hall–Kier alpha value is -2.80. The molecule has 0 aliphatic rings. The maximum absolute atomic E-state index is 12.2. The van der Waals surface area contributed by atoms with E-state index in [9.17, 15) is 8.42 Å². The Morgan fingerprint density at radius 1 is 1.00 bits per heavy atom. The van der Waals surface area contributed by atoms with Gasteiger partial charge in [0.25, 0.3) is 0 Å². The fraction of sp³-hybridized carbons (Fsp3) is 0.211. The number of hydrogen-bond acceptors (Lipinski definition) is 5. The van der Waals surface area contributed by atoms with E-state index in [0.717, 1.165) is 17.7 Å². The zero-order valence-electron chi connectivity index (χ0n) is 14.5. The molecule has 0 unspecified atom stereocenters. The Labute approximate surface area is 153 Å². The maximum atomic E-state index is 12.2. The van der Waals surface area contributed by atoms with Crippen LogP contribution in [-0.2, 0) is 16.4 Å². The zero-order chi connectivity index (χ0) is 18.4. The summed E-state index contributed by atoms with van der Waals surface area (Å²) in [6, 6.07) is 18.6. The summed E-state index contributed by atoms with van der Waals surface area (Å²) in [6.45, 7) is 1.81. The van der Waals surface area contributed by atoms with Gasteiger partial charge < -0.3 is 9.84 Å². The molecule has 136 valence electrons. The van der Waals surface area contributed by atoms with Crippen LogP contribution >= 0.6 is 0 Å². The summed E-state index contributed by atoms with van der Waals surface area (Å²) in [6.07, 6.45) is 1.31. The highest BCUT2D eigenvalue weighted by Gasteiger charge is 2.10. The lowest BCUT2D eigenvalue weighted by Crippen LogP contribution is -2.17. The van der Waals surface area contributed by atoms with Crippen molar-refractivity contribution in [2.45, 2.75) is 19.8 Å². The van der Waals surface area contributed by atoms with Gasteiger partial charge in [-0.3, -0.25) is 4.72 Å². The number of anilines is 3. The van der Waals surface area contributed by atoms with Crippen LogP contribution in [0.2, 0.25) is 0 Å². The molecule has 7 heteroatoms. The van der Waals surface area contributed by atoms with Crippen LogP contribution in [0, 0.1) is 6.92 Å². The first-order valence-electron chi connectivity index (χ1n) is 8.35. The lowest BCUT2D eigenvalue weighted by molar-refractivity contribution is 0.400. The number of aryl methyl sites for hydroxylation is 2. The van der Waals surface area contributed by atoms with Crippen LogP contribution in [0.25, 0.3) is 0 Å². The molecule has 0 fully saturated rings. The molecule has 2 aromatic carbocycles. The van der Waals surface area contributed by atoms with Gasteiger partial charge in [-0.2, -0.15) is 0 Å². The van der Waals surface area contributed by atoms with Crippen LogP contribution in [0.5, 0.6) is 0 Å². The third-order valence-electron chi connectivity index (χ3n) is 3.78. The minimum Gasteiger partial charge on any atom is -0.360 e. The molecular formula is C19H21N3O3S. The first-order valence-corrected chi connectivity index (χ1v) is 10.0. The molecule has 2 N–H and O–H groups in total. The Morgan fingerprint density at radius 3 is 2.35 bits per heavy atom. The maximum Gasteiger partial charge on any atom is 0.232 e. The minimum atomic E-state index is -3.37. The number of benzene rings is 2. The summed E-state index contributed by atoms with van der Waals surface area (Å²) in [5.41, 5.74) is 2.47. The fourth-order valence-corrected chi connectivity index (χ4v) is 3.66. The Bertz CT molecular complexity index is 936. The van der Waals surface area contributed by atoms with Crippen LogP contribution in [0.3, 0.4) is 0 Å². The van der Waals surface area contributed by atoms with Gasteiger partial charge in [-0.05, 0) is 49.6 Å². The van der Waals surface area contributed by atoms with Gasteiger partial charge in [0.15, 0.2) is 5.82 Å². The number of rotatable bonds is 8. The van der Waals surface area contributed by atoms with Gasteiger partial charge in [-0.25, -0.2) is 8.42 Å². The van der Waals surface area contributed by atoms with Gasteiger partial charge in [0.1, 0.15) is 5.76 Å². The molecule has 3 aromatic rings. The van der Waals surface area contributed by atoms with Crippen molar-refractivity contribution in [1.82, 2.24) is 5.16 Å². The normalized spacial score (nSPS) is 11.3. The average molecular weight is 371 g/mol.